The number of hydrogen-bond donors (Lipinski definition) is 2. The van der Waals surface area contributed by atoms with Crippen LogP contribution in [0, 0.1) is 0 Å². The van der Waals surface area contributed by atoms with E-state index in [2.05, 4.69) is 34.0 Å². The van der Waals surface area contributed by atoms with Gasteiger partial charge in [0, 0.05) is 55.1 Å². The first-order valence-corrected chi connectivity index (χ1v) is 14.9. The fraction of sp³-hybridized carbons (Fsp3) is 0.367. The fourth-order valence-corrected chi connectivity index (χ4v) is 7.13. The van der Waals surface area contributed by atoms with E-state index in [9.17, 15) is 9.59 Å². The largest absolute Gasteiger partial charge is 0.397 e. The normalized spacial score (nSPS) is 16.1. The van der Waals surface area contributed by atoms with Crippen LogP contribution in [0.1, 0.15) is 48.8 Å². The van der Waals surface area contributed by atoms with Gasteiger partial charge in [0.15, 0.2) is 5.13 Å². The molecule has 1 saturated heterocycles. The minimum absolute atomic E-state index is 0.00106. The number of aryl methyl sites for hydroxylation is 1. The van der Waals surface area contributed by atoms with Crippen LogP contribution in [0.15, 0.2) is 42.7 Å². The zero-order valence-corrected chi connectivity index (χ0v) is 24.4. The molecule has 1 fully saturated rings. The van der Waals surface area contributed by atoms with Crippen LogP contribution in [0.3, 0.4) is 0 Å². The molecule has 2 amide bonds. The molecule has 10 nitrogen and oxygen atoms in total. The van der Waals surface area contributed by atoms with E-state index in [1.807, 2.05) is 40.0 Å². The highest BCUT2D eigenvalue weighted by atomic mass is 32.1. The van der Waals surface area contributed by atoms with Crippen LogP contribution < -0.4 is 11.1 Å². The minimum Gasteiger partial charge on any atom is -0.397 e. The highest BCUT2D eigenvalue weighted by molar-refractivity contribution is 7.19. The van der Waals surface area contributed by atoms with Crippen LogP contribution in [0.2, 0.25) is 0 Å². The Balaban J connectivity index is 1.38. The summed E-state index contributed by atoms with van der Waals surface area (Å²) in [7, 11) is 0. The highest BCUT2D eigenvalue weighted by Gasteiger charge is 2.32. The van der Waals surface area contributed by atoms with Gasteiger partial charge in [0.25, 0.3) is 5.91 Å². The second-order valence-electron chi connectivity index (χ2n) is 10.5. The van der Waals surface area contributed by atoms with Gasteiger partial charge < -0.3 is 16.0 Å². The Morgan fingerprint density at radius 1 is 1.20 bits per heavy atom. The van der Waals surface area contributed by atoms with Gasteiger partial charge >= 0.3 is 0 Å². The van der Waals surface area contributed by atoms with E-state index in [0.29, 0.717) is 28.1 Å². The number of nitrogen functional groups attached to an aromatic ring is 1. The molecule has 4 heterocycles. The molecule has 1 aromatic carbocycles. The van der Waals surface area contributed by atoms with Gasteiger partial charge in [-0.3, -0.25) is 19.5 Å². The zero-order valence-electron chi connectivity index (χ0n) is 23.6. The number of amides is 2. The van der Waals surface area contributed by atoms with Crippen LogP contribution in [0.25, 0.3) is 27.5 Å². The Labute approximate surface area is 243 Å². The number of likely N-dealkylation sites (N-methyl/N-ethyl adjacent to an activating group) is 1. The number of pyridine rings is 1. The van der Waals surface area contributed by atoms with Gasteiger partial charge in [-0.2, -0.15) is 5.10 Å². The summed E-state index contributed by atoms with van der Waals surface area (Å²) in [4.78, 5) is 39.5. The maximum Gasteiger partial charge on any atom is 0.253 e. The molecule has 1 atom stereocenters. The predicted octanol–water partition coefficient (Wildman–Crippen LogP) is 4.25. The Hall–Kier alpha value is -4.09. The number of carbonyl (C=O) groups is 2. The van der Waals surface area contributed by atoms with E-state index in [1.54, 1.807) is 12.3 Å². The second-order valence-corrected chi connectivity index (χ2v) is 11.5. The maximum absolute atomic E-state index is 13.4. The third-order valence-corrected chi connectivity index (χ3v) is 9.03. The average Bonchev–Trinajstić information content (AvgIpc) is 3.70. The molecule has 1 unspecified atom stereocenters. The molecule has 3 N–H and O–H groups in total. The molecule has 1 aliphatic carbocycles. The van der Waals surface area contributed by atoms with E-state index in [1.165, 1.54) is 18.3 Å². The number of anilines is 2. The minimum atomic E-state index is -0.160. The molecular formula is C30H34N8O2S. The maximum atomic E-state index is 13.4. The zero-order chi connectivity index (χ0) is 28.7. The first-order chi connectivity index (χ1) is 19.9. The number of benzene rings is 1. The number of rotatable bonds is 7. The number of carbonyl (C=O) groups excluding carboxylic acids is 2. The van der Waals surface area contributed by atoms with E-state index in [0.717, 1.165) is 78.5 Å². The number of thiazole rings is 1. The summed E-state index contributed by atoms with van der Waals surface area (Å²) in [6.07, 6.45) is 6.02. The number of aromatic nitrogens is 4. The van der Waals surface area contributed by atoms with Gasteiger partial charge in [0.2, 0.25) is 5.91 Å². The SMILES string of the molecule is CCN(CC)C1CCN(C(=O)c2ccc(-n3nc(-c4cccnc4)c4c3-c3sc(NC(C)=O)nc3CC4)c(N)c2)C1. The molecule has 2 aliphatic rings. The topological polar surface area (TPSA) is 122 Å². The number of nitrogens with zero attached hydrogens (tertiary/aromatic N) is 6. The van der Waals surface area contributed by atoms with Gasteiger partial charge in [0.05, 0.1) is 33.3 Å². The van der Waals surface area contributed by atoms with Gasteiger partial charge in [-0.1, -0.05) is 25.2 Å². The highest BCUT2D eigenvalue weighted by Crippen LogP contribution is 2.44. The Kier molecular flexibility index (Phi) is 7.31. The molecule has 1 aliphatic heterocycles. The van der Waals surface area contributed by atoms with E-state index in [-0.39, 0.29) is 11.8 Å². The Morgan fingerprint density at radius 3 is 2.73 bits per heavy atom. The van der Waals surface area contributed by atoms with Crippen molar-refractivity contribution in [3.63, 3.8) is 0 Å². The molecule has 3 aromatic heterocycles. The first kappa shape index (κ1) is 27.1. The number of likely N-dealkylation sites (tertiary alicyclic amines) is 1. The van der Waals surface area contributed by atoms with Crippen LogP contribution >= 0.6 is 11.3 Å². The molecular weight excluding hydrogens is 536 g/mol. The van der Waals surface area contributed by atoms with E-state index >= 15 is 0 Å². The van der Waals surface area contributed by atoms with Crippen LogP contribution in [0.5, 0.6) is 0 Å². The molecule has 6 rings (SSSR count). The number of hydrogen-bond acceptors (Lipinski definition) is 8. The molecule has 0 saturated carbocycles. The van der Waals surface area contributed by atoms with Crippen LogP contribution in [-0.4, -0.2) is 73.6 Å². The third kappa shape index (κ3) is 5.00. The van der Waals surface area contributed by atoms with E-state index in [4.69, 9.17) is 10.8 Å². The van der Waals surface area contributed by atoms with Crippen molar-refractivity contribution in [2.24, 2.45) is 0 Å². The summed E-state index contributed by atoms with van der Waals surface area (Å²) in [6.45, 7) is 9.24. The average molecular weight is 571 g/mol. The van der Waals surface area contributed by atoms with Crippen LogP contribution in [-0.2, 0) is 17.6 Å². The van der Waals surface area contributed by atoms with Crippen molar-refractivity contribution in [1.82, 2.24) is 29.5 Å². The lowest BCUT2D eigenvalue weighted by atomic mass is 9.95. The van der Waals surface area contributed by atoms with Crippen molar-refractivity contribution >= 4 is 34.0 Å². The van der Waals surface area contributed by atoms with Gasteiger partial charge in [0.1, 0.15) is 0 Å². The van der Waals surface area contributed by atoms with Crippen molar-refractivity contribution in [2.75, 3.05) is 37.2 Å². The number of fused-ring (bicyclic) bond motifs is 3. The third-order valence-electron chi connectivity index (χ3n) is 8.01. The number of nitrogens with one attached hydrogen (secondary N) is 1. The molecule has 4 aromatic rings. The smallest absolute Gasteiger partial charge is 0.253 e. The standard InChI is InChI=1S/C30H34N8O2S/c1-4-36(5-2)21-12-14-37(17-21)29(40)19-8-11-25(23(31)15-19)38-27-22(26(35-38)20-7-6-13-32-16-20)9-10-24-28(27)41-30(34-24)33-18(3)39/h6-8,11,13,15-16,21H,4-5,9-10,12,14,17,31H2,1-3H3,(H,33,34,39). The quantitative estimate of drug-likeness (QED) is 0.319. The Bertz CT molecular complexity index is 1610. The van der Waals surface area contributed by atoms with Gasteiger partial charge in [-0.05, 0) is 62.7 Å². The summed E-state index contributed by atoms with van der Waals surface area (Å²) in [5, 5.41) is 8.44. The molecule has 0 radical (unpaired) electrons. The summed E-state index contributed by atoms with van der Waals surface area (Å²) in [5.74, 6) is -0.159. The van der Waals surface area contributed by atoms with Gasteiger partial charge in [-0.15, -0.1) is 0 Å². The fourth-order valence-electron chi connectivity index (χ4n) is 6.01. The molecule has 11 heteroatoms. The van der Waals surface area contributed by atoms with Crippen LogP contribution in [0.4, 0.5) is 10.8 Å². The lowest BCUT2D eigenvalue weighted by Gasteiger charge is -2.26. The van der Waals surface area contributed by atoms with Crippen molar-refractivity contribution in [3.8, 4) is 27.5 Å². The van der Waals surface area contributed by atoms with Crippen molar-refractivity contribution in [3.05, 3.63) is 59.5 Å². The summed E-state index contributed by atoms with van der Waals surface area (Å²) < 4.78 is 1.86. The monoisotopic (exact) mass is 570 g/mol. The second kappa shape index (κ2) is 11.1. The summed E-state index contributed by atoms with van der Waals surface area (Å²) in [5.41, 5.74) is 13.1. The Morgan fingerprint density at radius 2 is 2.02 bits per heavy atom. The molecule has 0 bridgehead atoms. The van der Waals surface area contributed by atoms with Gasteiger partial charge in [-0.25, -0.2) is 9.67 Å². The molecule has 0 spiro atoms. The first-order valence-electron chi connectivity index (χ1n) is 14.1. The predicted molar refractivity (Wildman–Crippen MR) is 161 cm³/mol. The van der Waals surface area contributed by atoms with E-state index < -0.39 is 0 Å². The summed E-state index contributed by atoms with van der Waals surface area (Å²) in [6, 6.07) is 9.77. The number of nitrogens with two attached hydrogens (primary N) is 1. The lowest BCUT2D eigenvalue weighted by Crippen LogP contribution is -2.38. The molecule has 212 valence electrons. The van der Waals surface area contributed by atoms with Crippen molar-refractivity contribution in [1.29, 1.82) is 0 Å². The summed E-state index contributed by atoms with van der Waals surface area (Å²) >= 11 is 1.44. The van der Waals surface area contributed by atoms with Crippen molar-refractivity contribution < 1.29 is 9.59 Å². The van der Waals surface area contributed by atoms with Crippen molar-refractivity contribution in [2.45, 2.75) is 46.1 Å². The molecule has 41 heavy (non-hydrogen) atoms. The lowest BCUT2D eigenvalue weighted by molar-refractivity contribution is -0.114.